The number of likely N-dealkylation sites (tertiary alicyclic amines) is 1. The molecule has 29 heavy (non-hydrogen) atoms. The SMILES string of the molecule is CCOC(=O)N1CCC2(c3c(O)c(OC)cc(Br)c3CC)CCC(C)CC2C1C. The van der Waals surface area contributed by atoms with E-state index in [2.05, 4.69) is 36.7 Å². The van der Waals surface area contributed by atoms with Gasteiger partial charge in [-0.3, -0.25) is 0 Å². The van der Waals surface area contributed by atoms with Crippen molar-refractivity contribution in [2.24, 2.45) is 11.8 Å². The number of benzene rings is 1. The zero-order valence-corrected chi connectivity index (χ0v) is 19.8. The molecule has 1 aromatic carbocycles. The number of fused-ring (bicyclic) bond motifs is 1. The summed E-state index contributed by atoms with van der Waals surface area (Å²) in [6.07, 6.45) is 4.61. The van der Waals surface area contributed by atoms with Gasteiger partial charge in [0.05, 0.1) is 13.7 Å². The maximum Gasteiger partial charge on any atom is 0.409 e. The molecule has 0 aromatic heterocycles. The van der Waals surface area contributed by atoms with Gasteiger partial charge < -0.3 is 19.5 Å². The van der Waals surface area contributed by atoms with Crippen LogP contribution in [0.4, 0.5) is 4.79 Å². The minimum Gasteiger partial charge on any atom is -0.504 e. The van der Waals surface area contributed by atoms with Gasteiger partial charge in [0, 0.05) is 28.0 Å². The molecule has 2 aliphatic rings. The van der Waals surface area contributed by atoms with Gasteiger partial charge in [-0.2, -0.15) is 0 Å². The summed E-state index contributed by atoms with van der Waals surface area (Å²) in [5.41, 5.74) is 2.01. The molecule has 1 aliphatic heterocycles. The number of phenols is 1. The van der Waals surface area contributed by atoms with E-state index >= 15 is 0 Å². The number of piperidine rings is 1. The second kappa shape index (κ2) is 8.75. The second-order valence-corrected chi connectivity index (χ2v) is 9.50. The summed E-state index contributed by atoms with van der Waals surface area (Å²) in [6.45, 7) is 9.44. The number of methoxy groups -OCH3 is 1. The number of rotatable bonds is 4. The molecular weight excluding hydrogens is 434 g/mol. The van der Waals surface area contributed by atoms with E-state index in [1.54, 1.807) is 7.11 Å². The smallest absolute Gasteiger partial charge is 0.409 e. The number of phenolic OH excluding ortho intramolecular Hbond substituents is 1. The molecule has 6 heteroatoms. The lowest BCUT2D eigenvalue weighted by Crippen LogP contribution is -2.59. The Morgan fingerprint density at radius 3 is 2.69 bits per heavy atom. The van der Waals surface area contributed by atoms with Crippen LogP contribution in [0.3, 0.4) is 0 Å². The molecule has 3 rings (SSSR count). The van der Waals surface area contributed by atoms with Gasteiger partial charge in [-0.15, -0.1) is 0 Å². The summed E-state index contributed by atoms with van der Waals surface area (Å²) in [5.74, 6) is 1.64. The van der Waals surface area contributed by atoms with Crippen LogP contribution in [0.15, 0.2) is 10.5 Å². The Bertz CT molecular complexity index is 768. The van der Waals surface area contributed by atoms with Crippen molar-refractivity contribution in [3.8, 4) is 11.5 Å². The summed E-state index contributed by atoms with van der Waals surface area (Å²) < 4.78 is 11.8. The minimum absolute atomic E-state index is 0.0552. The average Bonchev–Trinajstić information content (AvgIpc) is 2.70. The van der Waals surface area contributed by atoms with Gasteiger partial charge in [0.15, 0.2) is 11.5 Å². The predicted octanol–water partition coefficient (Wildman–Crippen LogP) is 5.65. The van der Waals surface area contributed by atoms with Crippen molar-refractivity contribution >= 4 is 22.0 Å². The molecule has 162 valence electrons. The Morgan fingerprint density at radius 1 is 1.34 bits per heavy atom. The molecule has 0 bridgehead atoms. The fourth-order valence-corrected chi connectivity index (χ4v) is 6.46. The van der Waals surface area contributed by atoms with Crippen LogP contribution in [0.25, 0.3) is 0 Å². The molecule has 0 spiro atoms. The van der Waals surface area contributed by atoms with E-state index in [0.717, 1.165) is 47.7 Å². The Labute approximate surface area is 182 Å². The van der Waals surface area contributed by atoms with E-state index in [9.17, 15) is 9.90 Å². The van der Waals surface area contributed by atoms with Crippen molar-refractivity contribution in [2.45, 2.75) is 71.3 Å². The molecule has 1 saturated heterocycles. The second-order valence-electron chi connectivity index (χ2n) is 8.64. The van der Waals surface area contributed by atoms with Crippen LogP contribution in [0, 0.1) is 11.8 Å². The fraction of sp³-hybridized carbons (Fsp3) is 0.696. The summed E-state index contributed by atoms with van der Waals surface area (Å²) in [6, 6.07) is 1.92. The number of hydrogen-bond acceptors (Lipinski definition) is 4. The maximum atomic E-state index is 12.6. The standard InChI is InChI=1S/C23H34BrNO4/c1-6-16-18(24)13-19(28-5)21(26)20(16)23-9-8-14(3)12-17(23)15(4)25(11-10-23)22(27)29-7-2/h13-15,17,26H,6-12H2,1-5H3. The normalized spacial score (nSPS) is 29.3. The monoisotopic (exact) mass is 467 g/mol. The Balaban J connectivity index is 2.14. The molecule has 1 N–H and O–H groups in total. The van der Waals surface area contributed by atoms with Crippen molar-refractivity contribution in [2.75, 3.05) is 20.3 Å². The van der Waals surface area contributed by atoms with Crippen LogP contribution in [0.1, 0.15) is 64.5 Å². The average molecular weight is 468 g/mol. The lowest BCUT2D eigenvalue weighted by atomic mass is 9.54. The summed E-state index contributed by atoms with van der Waals surface area (Å²) in [5, 5.41) is 11.3. The largest absolute Gasteiger partial charge is 0.504 e. The molecule has 0 radical (unpaired) electrons. The zero-order chi connectivity index (χ0) is 21.3. The van der Waals surface area contributed by atoms with Crippen molar-refractivity contribution in [1.82, 2.24) is 4.90 Å². The molecule has 1 heterocycles. The van der Waals surface area contributed by atoms with Gasteiger partial charge in [0.1, 0.15) is 0 Å². The van der Waals surface area contributed by atoms with Crippen LogP contribution in [-0.2, 0) is 16.6 Å². The van der Waals surface area contributed by atoms with Crippen molar-refractivity contribution < 1.29 is 19.4 Å². The zero-order valence-electron chi connectivity index (χ0n) is 18.3. The van der Waals surface area contributed by atoms with Gasteiger partial charge in [-0.1, -0.05) is 29.8 Å². The Hall–Kier alpha value is -1.43. The summed E-state index contributed by atoms with van der Waals surface area (Å²) in [4.78, 5) is 14.5. The number of aromatic hydroxyl groups is 1. The Kier molecular flexibility index (Phi) is 6.71. The van der Waals surface area contributed by atoms with Crippen molar-refractivity contribution in [3.63, 3.8) is 0 Å². The summed E-state index contributed by atoms with van der Waals surface area (Å²) >= 11 is 3.72. The van der Waals surface area contributed by atoms with Gasteiger partial charge in [0.2, 0.25) is 0 Å². The number of nitrogens with zero attached hydrogens (tertiary/aromatic N) is 1. The minimum atomic E-state index is -0.224. The van der Waals surface area contributed by atoms with E-state index in [1.165, 1.54) is 0 Å². The molecule has 5 nitrogen and oxygen atoms in total. The number of carbonyl (C=O) groups is 1. The van der Waals surface area contributed by atoms with Crippen LogP contribution < -0.4 is 4.74 Å². The van der Waals surface area contributed by atoms with Crippen LogP contribution in [0.5, 0.6) is 11.5 Å². The molecule has 4 unspecified atom stereocenters. The number of amides is 1. The number of carbonyl (C=O) groups excluding carboxylic acids is 1. The lowest BCUT2D eigenvalue weighted by Gasteiger charge is -2.56. The molecule has 1 amide bonds. The van der Waals surface area contributed by atoms with Crippen LogP contribution in [-0.4, -0.2) is 42.4 Å². The van der Waals surface area contributed by atoms with Crippen molar-refractivity contribution in [1.29, 1.82) is 0 Å². The van der Waals surface area contributed by atoms with E-state index in [4.69, 9.17) is 9.47 Å². The topological polar surface area (TPSA) is 59.0 Å². The molecule has 1 saturated carbocycles. The van der Waals surface area contributed by atoms with E-state index in [1.807, 2.05) is 17.9 Å². The first-order valence-corrected chi connectivity index (χ1v) is 11.6. The molecule has 1 aliphatic carbocycles. The Morgan fingerprint density at radius 2 is 2.07 bits per heavy atom. The predicted molar refractivity (Wildman–Crippen MR) is 118 cm³/mol. The highest BCUT2D eigenvalue weighted by atomic mass is 79.9. The third-order valence-electron chi connectivity index (χ3n) is 7.21. The first kappa shape index (κ1) is 22.3. The van der Waals surface area contributed by atoms with Crippen molar-refractivity contribution in [3.05, 3.63) is 21.7 Å². The molecular formula is C23H34BrNO4. The van der Waals surface area contributed by atoms with E-state index in [0.29, 0.717) is 24.8 Å². The van der Waals surface area contributed by atoms with Gasteiger partial charge in [-0.25, -0.2) is 4.79 Å². The highest BCUT2D eigenvalue weighted by molar-refractivity contribution is 9.10. The number of ether oxygens (including phenoxy) is 2. The maximum absolute atomic E-state index is 12.6. The van der Waals surface area contributed by atoms with E-state index in [-0.39, 0.29) is 29.2 Å². The lowest BCUT2D eigenvalue weighted by molar-refractivity contribution is -0.00744. The third kappa shape index (κ3) is 3.73. The molecule has 2 fully saturated rings. The third-order valence-corrected chi connectivity index (χ3v) is 7.92. The summed E-state index contributed by atoms with van der Waals surface area (Å²) in [7, 11) is 1.60. The first-order chi connectivity index (χ1) is 13.8. The number of hydrogen-bond donors (Lipinski definition) is 1. The molecule has 4 atom stereocenters. The first-order valence-electron chi connectivity index (χ1n) is 10.8. The molecule has 1 aromatic rings. The highest BCUT2D eigenvalue weighted by Crippen LogP contribution is 2.57. The van der Waals surface area contributed by atoms with Gasteiger partial charge in [0.25, 0.3) is 0 Å². The quantitative estimate of drug-likeness (QED) is 0.621. The van der Waals surface area contributed by atoms with Crippen LogP contribution >= 0.6 is 15.9 Å². The number of halogens is 1. The van der Waals surface area contributed by atoms with Gasteiger partial charge in [-0.05, 0) is 69.4 Å². The van der Waals surface area contributed by atoms with E-state index < -0.39 is 0 Å². The highest BCUT2D eigenvalue weighted by Gasteiger charge is 2.53. The van der Waals surface area contributed by atoms with Gasteiger partial charge >= 0.3 is 6.09 Å². The fourth-order valence-electron chi connectivity index (χ4n) is 5.77. The van der Waals surface area contributed by atoms with Crippen LogP contribution in [0.2, 0.25) is 0 Å².